The van der Waals surface area contributed by atoms with Gasteiger partial charge in [0.2, 0.25) is 0 Å². The molecule has 0 saturated carbocycles. The Morgan fingerprint density at radius 1 is 1.25 bits per heavy atom. The van der Waals surface area contributed by atoms with Crippen molar-refractivity contribution in [1.82, 2.24) is 0 Å². The molecular weight excluding hydrogens is 222 g/mol. The molecule has 16 heavy (non-hydrogen) atoms. The molecule has 1 aromatic rings. The van der Waals surface area contributed by atoms with Gasteiger partial charge in [-0.05, 0) is 36.4 Å². The largest absolute Gasteiger partial charge is 0.494 e. The first kappa shape index (κ1) is 12.9. The zero-order valence-corrected chi connectivity index (χ0v) is 9.87. The molecule has 0 heterocycles. The highest BCUT2D eigenvalue weighted by molar-refractivity contribution is 7.99. The van der Waals surface area contributed by atoms with Gasteiger partial charge in [-0.3, -0.25) is 0 Å². The van der Waals surface area contributed by atoms with E-state index < -0.39 is 0 Å². The maximum absolute atomic E-state index is 8.61. The summed E-state index contributed by atoms with van der Waals surface area (Å²) in [5.41, 5.74) is 0.644. The summed E-state index contributed by atoms with van der Waals surface area (Å²) in [6, 6.07) is 9.16. The van der Waals surface area contributed by atoms with Crippen molar-refractivity contribution in [2.24, 2.45) is 0 Å². The third-order valence-corrected chi connectivity index (χ3v) is 2.97. The lowest BCUT2D eigenvalue weighted by Gasteiger charge is -2.05. The van der Waals surface area contributed by atoms with E-state index in [9.17, 15) is 0 Å². The minimum absolute atomic E-state index is 0.237. The number of rotatable bonds is 7. The summed E-state index contributed by atoms with van der Waals surface area (Å²) < 4.78 is 5.50. The maximum atomic E-state index is 8.61. The first-order chi connectivity index (χ1) is 7.86. The van der Waals surface area contributed by atoms with Gasteiger partial charge < -0.3 is 9.84 Å². The summed E-state index contributed by atoms with van der Waals surface area (Å²) in [6.45, 7) is 0.908. The van der Waals surface area contributed by atoms with Crippen molar-refractivity contribution >= 4 is 11.8 Å². The fourth-order valence-corrected chi connectivity index (χ4v) is 1.80. The summed E-state index contributed by atoms with van der Waals surface area (Å²) in [5.74, 6) is 2.58. The molecule has 1 aromatic carbocycles. The van der Waals surface area contributed by atoms with Crippen molar-refractivity contribution < 1.29 is 9.84 Å². The SMILES string of the molecule is N#Cc1ccc(OCCCSCCO)cc1. The van der Waals surface area contributed by atoms with Crippen LogP contribution in [0.15, 0.2) is 24.3 Å². The van der Waals surface area contributed by atoms with E-state index in [-0.39, 0.29) is 6.61 Å². The summed E-state index contributed by atoms with van der Waals surface area (Å²) in [5, 5.41) is 17.2. The van der Waals surface area contributed by atoms with E-state index in [4.69, 9.17) is 15.1 Å². The number of hydrogen-bond donors (Lipinski definition) is 1. The zero-order valence-electron chi connectivity index (χ0n) is 9.06. The molecule has 0 aliphatic carbocycles. The summed E-state index contributed by atoms with van der Waals surface area (Å²) in [6.07, 6.45) is 0.963. The van der Waals surface area contributed by atoms with Crippen LogP contribution in [0.1, 0.15) is 12.0 Å². The molecule has 0 bridgehead atoms. The van der Waals surface area contributed by atoms with E-state index >= 15 is 0 Å². The molecule has 0 unspecified atom stereocenters. The standard InChI is InChI=1S/C12H15NO2S/c13-10-11-2-4-12(5-3-11)15-7-1-8-16-9-6-14/h2-5,14H,1,6-9H2. The van der Waals surface area contributed by atoms with Gasteiger partial charge in [-0.2, -0.15) is 17.0 Å². The van der Waals surface area contributed by atoms with E-state index in [1.165, 1.54) is 0 Å². The van der Waals surface area contributed by atoms with Crippen LogP contribution >= 0.6 is 11.8 Å². The fourth-order valence-electron chi connectivity index (χ4n) is 1.14. The zero-order chi connectivity index (χ0) is 11.6. The second-order valence-corrected chi connectivity index (χ2v) is 4.40. The Balaban J connectivity index is 2.15. The highest BCUT2D eigenvalue weighted by Gasteiger charge is 1.95. The van der Waals surface area contributed by atoms with Crippen LogP contribution in [0.3, 0.4) is 0 Å². The Kier molecular flexibility index (Phi) is 6.47. The van der Waals surface area contributed by atoms with Gasteiger partial charge in [0.1, 0.15) is 5.75 Å². The smallest absolute Gasteiger partial charge is 0.119 e. The lowest BCUT2D eigenvalue weighted by molar-refractivity contribution is 0.317. The summed E-state index contributed by atoms with van der Waals surface area (Å²) >= 11 is 1.72. The Morgan fingerprint density at radius 3 is 2.62 bits per heavy atom. The predicted molar refractivity (Wildman–Crippen MR) is 65.7 cm³/mol. The molecule has 0 aliphatic rings. The Labute approximate surface area is 100 Å². The molecule has 0 amide bonds. The predicted octanol–water partition coefficient (Wildman–Crippen LogP) is 2.05. The van der Waals surface area contributed by atoms with Gasteiger partial charge in [0.25, 0.3) is 0 Å². The van der Waals surface area contributed by atoms with Gasteiger partial charge in [-0.25, -0.2) is 0 Å². The van der Waals surface area contributed by atoms with Gasteiger partial charge in [0.15, 0.2) is 0 Å². The van der Waals surface area contributed by atoms with Crippen LogP contribution in [0.5, 0.6) is 5.75 Å². The van der Waals surface area contributed by atoms with E-state index in [1.54, 1.807) is 36.0 Å². The molecule has 0 fully saturated rings. The first-order valence-corrected chi connectivity index (χ1v) is 6.34. The number of ether oxygens (including phenoxy) is 1. The van der Waals surface area contributed by atoms with Crippen LogP contribution in [-0.4, -0.2) is 29.8 Å². The molecule has 0 spiro atoms. The van der Waals surface area contributed by atoms with Gasteiger partial charge in [0.05, 0.1) is 24.8 Å². The van der Waals surface area contributed by atoms with Crippen LogP contribution < -0.4 is 4.74 Å². The van der Waals surface area contributed by atoms with E-state index in [2.05, 4.69) is 6.07 Å². The normalized spacial score (nSPS) is 9.75. The second kappa shape index (κ2) is 8.03. The molecule has 0 atom stereocenters. The third-order valence-electron chi connectivity index (χ3n) is 1.92. The van der Waals surface area contributed by atoms with Gasteiger partial charge >= 0.3 is 0 Å². The highest BCUT2D eigenvalue weighted by atomic mass is 32.2. The lowest BCUT2D eigenvalue weighted by atomic mass is 10.2. The maximum Gasteiger partial charge on any atom is 0.119 e. The molecule has 0 radical (unpaired) electrons. The van der Waals surface area contributed by atoms with E-state index in [0.29, 0.717) is 12.2 Å². The van der Waals surface area contributed by atoms with Crippen molar-refractivity contribution in [3.63, 3.8) is 0 Å². The van der Waals surface area contributed by atoms with Crippen molar-refractivity contribution in [2.45, 2.75) is 6.42 Å². The minimum atomic E-state index is 0.237. The summed E-state index contributed by atoms with van der Waals surface area (Å²) in [7, 11) is 0. The monoisotopic (exact) mass is 237 g/mol. The van der Waals surface area contributed by atoms with Crippen LogP contribution in [0.2, 0.25) is 0 Å². The molecule has 4 heteroatoms. The summed E-state index contributed by atoms with van der Waals surface area (Å²) in [4.78, 5) is 0. The molecule has 0 saturated heterocycles. The van der Waals surface area contributed by atoms with Gasteiger partial charge in [0, 0.05) is 5.75 Å². The van der Waals surface area contributed by atoms with Crippen molar-refractivity contribution in [3.8, 4) is 11.8 Å². The van der Waals surface area contributed by atoms with Crippen molar-refractivity contribution in [3.05, 3.63) is 29.8 Å². The van der Waals surface area contributed by atoms with Crippen LogP contribution in [0, 0.1) is 11.3 Å². The van der Waals surface area contributed by atoms with Crippen molar-refractivity contribution in [2.75, 3.05) is 24.7 Å². The minimum Gasteiger partial charge on any atom is -0.494 e. The molecule has 1 N–H and O–H groups in total. The second-order valence-electron chi connectivity index (χ2n) is 3.17. The molecule has 0 aliphatic heterocycles. The van der Waals surface area contributed by atoms with Crippen molar-refractivity contribution in [1.29, 1.82) is 5.26 Å². The Hall–Kier alpha value is -1.18. The van der Waals surface area contributed by atoms with Crippen LogP contribution in [0.25, 0.3) is 0 Å². The molecule has 3 nitrogen and oxygen atoms in total. The van der Waals surface area contributed by atoms with E-state index in [0.717, 1.165) is 23.7 Å². The number of thioether (sulfide) groups is 1. The quantitative estimate of drug-likeness (QED) is 0.737. The van der Waals surface area contributed by atoms with Gasteiger partial charge in [-0.1, -0.05) is 0 Å². The number of nitrogens with zero attached hydrogens (tertiary/aromatic N) is 1. The Bertz CT molecular complexity index is 332. The average molecular weight is 237 g/mol. The lowest BCUT2D eigenvalue weighted by Crippen LogP contribution is -1.99. The number of hydrogen-bond acceptors (Lipinski definition) is 4. The van der Waals surface area contributed by atoms with Gasteiger partial charge in [-0.15, -0.1) is 0 Å². The molecular formula is C12H15NO2S. The van der Waals surface area contributed by atoms with Crippen LogP contribution in [-0.2, 0) is 0 Å². The molecule has 86 valence electrons. The Morgan fingerprint density at radius 2 is 2.00 bits per heavy atom. The number of aliphatic hydroxyl groups is 1. The van der Waals surface area contributed by atoms with Crippen LogP contribution in [0.4, 0.5) is 0 Å². The highest BCUT2D eigenvalue weighted by Crippen LogP contribution is 2.12. The first-order valence-electron chi connectivity index (χ1n) is 5.18. The molecule has 0 aromatic heterocycles. The topological polar surface area (TPSA) is 53.2 Å². The third kappa shape index (κ3) is 5.06. The number of nitriles is 1. The average Bonchev–Trinajstić information content (AvgIpc) is 2.34. The fraction of sp³-hybridized carbons (Fsp3) is 0.417. The van der Waals surface area contributed by atoms with E-state index in [1.807, 2.05) is 0 Å². The number of aliphatic hydroxyl groups excluding tert-OH is 1. The number of benzene rings is 1. The molecule has 1 rings (SSSR count).